The van der Waals surface area contributed by atoms with Crippen LogP contribution in [0.2, 0.25) is 5.02 Å². The molecule has 2 aromatic carbocycles. The van der Waals surface area contributed by atoms with E-state index in [2.05, 4.69) is 10.2 Å². The van der Waals surface area contributed by atoms with Gasteiger partial charge in [0.25, 0.3) is 0 Å². The van der Waals surface area contributed by atoms with E-state index in [1.165, 1.54) is 11.8 Å². The summed E-state index contributed by atoms with van der Waals surface area (Å²) in [6.07, 6.45) is 1.63. The highest BCUT2D eigenvalue weighted by molar-refractivity contribution is 7.99. The van der Waals surface area contributed by atoms with Crippen molar-refractivity contribution in [1.29, 1.82) is 0 Å². The third-order valence-electron chi connectivity index (χ3n) is 3.96. The molecule has 0 aliphatic heterocycles. The van der Waals surface area contributed by atoms with Crippen LogP contribution in [0, 0.1) is 6.92 Å². The molecule has 0 unspecified atom stereocenters. The van der Waals surface area contributed by atoms with Crippen LogP contribution in [-0.2, 0) is 11.3 Å². The van der Waals surface area contributed by atoms with E-state index in [4.69, 9.17) is 11.6 Å². The maximum atomic E-state index is 12.4. The molecule has 0 aliphatic rings. The number of amides is 1. The first kappa shape index (κ1) is 18.5. The van der Waals surface area contributed by atoms with Gasteiger partial charge < -0.3 is 4.90 Å². The number of nitrogens with zero attached hydrogens (tertiary/aromatic N) is 4. The Morgan fingerprint density at radius 2 is 2.00 bits per heavy atom. The van der Waals surface area contributed by atoms with E-state index in [1.807, 2.05) is 60.0 Å². The van der Waals surface area contributed by atoms with Gasteiger partial charge in [-0.2, -0.15) is 0 Å². The molecule has 1 aromatic heterocycles. The zero-order valence-corrected chi connectivity index (χ0v) is 16.2. The second kappa shape index (κ2) is 8.38. The first-order valence-corrected chi connectivity index (χ1v) is 9.48. The highest BCUT2D eigenvalue weighted by atomic mass is 35.5. The zero-order valence-electron chi connectivity index (χ0n) is 14.6. The van der Waals surface area contributed by atoms with Gasteiger partial charge in [-0.15, -0.1) is 10.2 Å². The van der Waals surface area contributed by atoms with Crippen molar-refractivity contribution in [2.45, 2.75) is 18.6 Å². The molecule has 3 rings (SSSR count). The number of rotatable bonds is 6. The van der Waals surface area contributed by atoms with Gasteiger partial charge in [0, 0.05) is 18.6 Å². The fourth-order valence-electron chi connectivity index (χ4n) is 2.41. The van der Waals surface area contributed by atoms with E-state index in [0.29, 0.717) is 22.5 Å². The molecule has 0 aliphatic carbocycles. The first-order valence-electron chi connectivity index (χ1n) is 8.12. The van der Waals surface area contributed by atoms with Crippen LogP contribution in [0.3, 0.4) is 0 Å². The minimum Gasteiger partial charge on any atom is -0.341 e. The molecule has 26 heavy (non-hydrogen) atoms. The summed E-state index contributed by atoms with van der Waals surface area (Å²) in [5.74, 6) is 0.331. The monoisotopic (exact) mass is 386 g/mol. The minimum absolute atomic E-state index is 0.0374. The lowest BCUT2D eigenvalue weighted by Gasteiger charge is -2.17. The molecular weight excluding hydrogens is 368 g/mol. The van der Waals surface area contributed by atoms with Crippen LogP contribution in [-0.4, -0.2) is 38.4 Å². The quantitative estimate of drug-likeness (QED) is 0.601. The SMILES string of the molecule is Cc1ccc(-n2cnnc2SCC(=O)N(C)Cc2ccccc2)cc1Cl. The molecule has 1 amide bonds. The third kappa shape index (κ3) is 4.45. The maximum absolute atomic E-state index is 12.4. The molecule has 0 radical (unpaired) electrons. The number of halogens is 1. The highest BCUT2D eigenvalue weighted by Crippen LogP contribution is 2.24. The predicted molar refractivity (Wildman–Crippen MR) is 105 cm³/mol. The molecule has 3 aromatic rings. The zero-order chi connectivity index (χ0) is 18.5. The maximum Gasteiger partial charge on any atom is 0.233 e. The van der Waals surface area contributed by atoms with Gasteiger partial charge in [0.15, 0.2) is 5.16 Å². The van der Waals surface area contributed by atoms with Crippen molar-refractivity contribution in [1.82, 2.24) is 19.7 Å². The van der Waals surface area contributed by atoms with Crippen molar-refractivity contribution in [3.63, 3.8) is 0 Å². The summed E-state index contributed by atoms with van der Waals surface area (Å²) in [6.45, 7) is 2.54. The highest BCUT2D eigenvalue weighted by Gasteiger charge is 2.14. The minimum atomic E-state index is 0.0374. The number of aromatic nitrogens is 3. The van der Waals surface area contributed by atoms with Gasteiger partial charge in [-0.3, -0.25) is 9.36 Å². The van der Waals surface area contributed by atoms with E-state index in [-0.39, 0.29) is 5.91 Å². The van der Waals surface area contributed by atoms with Gasteiger partial charge in [-0.1, -0.05) is 59.8 Å². The molecule has 5 nitrogen and oxygen atoms in total. The number of hydrogen-bond acceptors (Lipinski definition) is 4. The normalized spacial score (nSPS) is 10.7. The van der Waals surface area contributed by atoms with Crippen LogP contribution < -0.4 is 0 Å². The Labute approximate surface area is 162 Å². The molecule has 0 saturated heterocycles. The number of hydrogen-bond donors (Lipinski definition) is 0. The molecule has 1 heterocycles. The summed E-state index contributed by atoms with van der Waals surface area (Å²) in [4.78, 5) is 14.1. The van der Waals surface area contributed by atoms with Gasteiger partial charge in [0.05, 0.1) is 11.4 Å². The van der Waals surface area contributed by atoms with Crippen molar-refractivity contribution >= 4 is 29.3 Å². The summed E-state index contributed by atoms with van der Waals surface area (Å²) in [5, 5.41) is 9.43. The van der Waals surface area contributed by atoms with Crippen LogP contribution in [0.1, 0.15) is 11.1 Å². The first-order chi connectivity index (χ1) is 12.5. The lowest BCUT2D eigenvalue weighted by Crippen LogP contribution is -2.27. The molecule has 134 valence electrons. The second-order valence-corrected chi connectivity index (χ2v) is 7.29. The summed E-state index contributed by atoms with van der Waals surface area (Å²) < 4.78 is 1.83. The molecular formula is C19H19ClN4OS. The van der Waals surface area contributed by atoms with Gasteiger partial charge in [0.1, 0.15) is 6.33 Å². The van der Waals surface area contributed by atoms with Crippen LogP contribution in [0.5, 0.6) is 0 Å². The van der Waals surface area contributed by atoms with E-state index < -0.39 is 0 Å². The lowest BCUT2D eigenvalue weighted by atomic mass is 10.2. The van der Waals surface area contributed by atoms with Gasteiger partial charge in [0.2, 0.25) is 5.91 Å². The summed E-state index contributed by atoms with van der Waals surface area (Å²) in [7, 11) is 1.81. The molecule has 0 fully saturated rings. The Balaban J connectivity index is 1.64. The number of aryl methyl sites for hydroxylation is 1. The van der Waals surface area contributed by atoms with E-state index >= 15 is 0 Å². The molecule has 0 spiro atoms. The summed E-state index contributed by atoms with van der Waals surface area (Å²) in [6, 6.07) is 15.7. The largest absolute Gasteiger partial charge is 0.341 e. The molecule has 0 atom stereocenters. The Hall–Kier alpha value is -2.31. The Morgan fingerprint density at radius 3 is 2.73 bits per heavy atom. The van der Waals surface area contributed by atoms with Crippen LogP contribution in [0.15, 0.2) is 60.0 Å². The number of benzene rings is 2. The second-order valence-electron chi connectivity index (χ2n) is 5.94. The summed E-state index contributed by atoms with van der Waals surface area (Å²) in [5.41, 5.74) is 2.99. The van der Waals surface area contributed by atoms with Crippen molar-refractivity contribution < 1.29 is 4.79 Å². The third-order valence-corrected chi connectivity index (χ3v) is 5.30. The average Bonchev–Trinajstić information content (AvgIpc) is 3.11. The number of carbonyl (C=O) groups is 1. The fourth-order valence-corrected chi connectivity index (χ4v) is 3.46. The topological polar surface area (TPSA) is 51.0 Å². The average molecular weight is 387 g/mol. The van der Waals surface area contributed by atoms with Gasteiger partial charge in [-0.25, -0.2) is 0 Å². The van der Waals surface area contributed by atoms with Crippen LogP contribution in [0.25, 0.3) is 5.69 Å². The van der Waals surface area contributed by atoms with Crippen molar-refractivity contribution in [2.75, 3.05) is 12.8 Å². The molecule has 0 bridgehead atoms. The Morgan fingerprint density at radius 1 is 1.23 bits per heavy atom. The fraction of sp³-hybridized carbons (Fsp3) is 0.211. The molecule has 7 heteroatoms. The van der Waals surface area contributed by atoms with Crippen molar-refractivity contribution in [3.05, 3.63) is 71.0 Å². The number of thioether (sulfide) groups is 1. The van der Waals surface area contributed by atoms with E-state index in [9.17, 15) is 4.79 Å². The number of carbonyl (C=O) groups excluding carboxylic acids is 1. The van der Waals surface area contributed by atoms with Crippen molar-refractivity contribution in [3.8, 4) is 5.69 Å². The standard InChI is InChI=1S/C19H19ClN4OS/c1-14-8-9-16(10-17(14)20)24-13-21-22-19(24)26-12-18(25)23(2)11-15-6-4-3-5-7-15/h3-10,13H,11-12H2,1-2H3. The van der Waals surface area contributed by atoms with E-state index in [0.717, 1.165) is 16.8 Å². The molecule has 0 saturated carbocycles. The smallest absolute Gasteiger partial charge is 0.233 e. The van der Waals surface area contributed by atoms with Gasteiger partial charge >= 0.3 is 0 Å². The van der Waals surface area contributed by atoms with Gasteiger partial charge in [-0.05, 0) is 30.2 Å². The lowest BCUT2D eigenvalue weighted by molar-refractivity contribution is -0.127. The van der Waals surface area contributed by atoms with E-state index in [1.54, 1.807) is 18.3 Å². The Bertz CT molecular complexity index is 898. The molecule has 0 N–H and O–H groups in total. The predicted octanol–water partition coefficient (Wildman–Crippen LogP) is 3.98. The van der Waals surface area contributed by atoms with Crippen LogP contribution >= 0.6 is 23.4 Å². The summed E-state index contributed by atoms with van der Waals surface area (Å²) >= 11 is 7.57. The van der Waals surface area contributed by atoms with Crippen molar-refractivity contribution in [2.24, 2.45) is 0 Å². The Kier molecular flexibility index (Phi) is 5.96. The van der Waals surface area contributed by atoms with Crippen LogP contribution in [0.4, 0.5) is 0 Å².